The Kier molecular flexibility index (Phi) is 5.40. The maximum atomic E-state index is 14.4. The van der Waals surface area contributed by atoms with E-state index < -0.39 is 5.82 Å². The third kappa shape index (κ3) is 3.99. The van der Waals surface area contributed by atoms with Crippen molar-refractivity contribution in [2.75, 3.05) is 0 Å². The van der Waals surface area contributed by atoms with Crippen molar-refractivity contribution in [1.82, 2.24) is 25.1 Å². The molecule has 3 aromatic heterocycles. The molecule has 0 aliphatic rings. The van der Waals surface area contributed by atoms with Gasteiger partial charge in [0.15, 0.2) is 5.76 Å². The first kappa shape index (κ1) is 19.5. The highest BCUT2D eigenvalue weighted by molar-refractivity contribution is 6.30. The predicted octanol–water partition coefficient (Wildman–Crippen LogP) is 5.48. The smallest absolute Gasteiger partial charge is 0.253 e. The zero-order chi connectivity index (χ0) is 21.1. The van der Waals surface area contributed by atoms with Gasteiger partial charge in [-0.15, -0.1) is 10.2 Å². The Morgan fingerprint density at radius 1 is 1.23 bits per heavy atom. The molecule has 0 atom stereocenters. The van der Waals surface area contributed by atoms with Crippen molar-refractivity contribution in [1.29, 1.82) is 0 Å². The average Bonchev–Trinajstić information content (AvgIpc) is 3.44. The summed E-state index contributed by atoms with van der Waals surface area (Å²) in [6.45, 7) is 5.24. The first-order valence-electron chi connectivity index (χ1n) is 8.82. The molecular weight excluding hydrogens is 409 g/mol. The number of hydrogen-bond donors (Lipinski definition) is 0. The molecule has 9 heteroatoms. The van der Waals surface area contributed by atoms with Crippen LogP contribution >= 0.6 is 11.6 Å². The lowest BCUT2D eigenvalue weighted by Gasteiger charge is -2.00. The molecule has 0 saturated heterocycles. The third-order valence-corrected chi connectivity index (χ3v) is 4.18. The topological polar surface area (TPSA) is 82.8 Å². The zero-order valence-corrected chi connectivity index (χ0v) is 16.5. The SMILES string of the molecule is C=C(Cl)/C=C\C=C\n1cc(-c2onc(-c3ccccc3F)c2-c2nnc(C)o2)cn1. The fourth-order valence-electron chi connectivity index (χ4n) is 2.75. The first-order valence-corrected chi connectivity index (χ1v) is 9.19. The summed E-state index contributed by atoms with van der Waals surface area (Å²) >= 11 is 5.68. The summed E-state index contributed by atoms with van der Waals surface area (Å²) in [5, 5.41) is 16.7. The molecule has 0 bridgehead atoms. The first-order chi connectivity index (χ1) is 14.5. The molecule has 0 amide bonds. The number of allylic oxidation sites excluding steroid dienone is 4. The van der Waals surface area contributed by atoms with Crippen molar-refractivity contribution in [3.63, 3.8) is 0 Å². The fraction of sp³-hybridized carbons (Fsp3) is 0.0476. The van der Waals surface area contributed by atoms with Crippen molar-refractivity contribution in [3.8, 4) is 34.0 Å². The maximum absolute atomic E-state index is 14.4. The number of hydrogen-bond acceptors (Lipinski definition) is 6. The van der Waals surface area contributed by atoms with Crippen LogP contribution in [-0.2, 0) is 0 Å². The van der Waals surface area contributed by atoms with Gasteiger partial charge < -0.3 is 8.94 Å². The van der Waals surface area contributed by atoms with Gasteiger partial charge >= 0.3 is 0 Å². The highest BCUT2D eigenvalue weighted by Gasteiger charge is 2.27. The number of aryl methyl sites for hydroxylation is 1. The molecular formula is C21H15ClFN5O2. The molecule has 0 N–H and O–H groups in total. The third-order valence-electron chi connectivity index (χ3n) is 4.05. The Balaban J connectivity index is 1.78. The summed E-state index contributed by atoms with van der Waals surface area (Å²) in [5.41, 5.74) is 1.52. The van der Waals surface area contributed by atoms with Crippen molar-refractivity contribution in [2.45, 2.75) is 6.92 Å². The van der Waals surface area contributed by atoms with E-state index in [0.29, 0.717) is 27.8 Å². The molecule has 3 heterocycles. The molecule has 4 aromatic rings. The molecule has 30 heavy (non-hydrogen) atoms. The van der Waals surface area contributed by atoms with Crippen LogP contribution < -0.4 is 0 Å². The van der Waals surface area contributed by atoms with Gasteiger partial charge in [0.05, 0.1) is 11.8 Å². The Labute approximate surface area is 175 Å². The van der Waals surface area contributed by atoms with E-state index in [1.165, 1.54) is 6.07 Å². The Morgan fingerprint density at radius 2 is 2.07 bits per heavy atom. The van der Waals surface area contributed by atoms with Crippen LogP contribution in [0.15, 0.2) is 75.4 Å². The molecule has 0 spiro atoms. The largest absolute Gasteiger partial charge is 0.421 e. The molecule has 0 fully saturated rings. The van der Waals surface area contributed by atoms with E-state index in [-0.39, 0.29) is 17.1 Å². The van der Waals surface area contributed by atoms with E-state index in [1.54, 1.807) is 66.6 Å². The minimum atomic E-state index is -0.443. The van der Waals surface area contributed by atoms with Gasteiger partial charge in [-0.3, -0.25) is 0 Å². The number of benzene rings is 1. The van der Waals surface area contributed by atoms with Crippen LogP contribution in [-0.4, -0.2) is 25.1 Å². The summed E-state index contributed by atoms with van der Waals surface area (Å²) in [7, 11) is 0. The van der Waals surface area contributed by atoms with Crippen LogP contribution in [0, 0.1) is 12.7 Å². The van der Waals surface area contributed by atoms with E-state index in [9.17, 15) is 4.39 Å². The summed E-state index contributed by atoms with van der Waals surface area (Å²) in [5.74, 6) is 0.430. The van der Waals surface area contributed by atoms with Crippen LogP contribution in [0.4, 0.5) is 4.39 Å². The maximum Gasteiger partial charge on any atom is 0.253 e. The Morgan fingerprint density at radius 3 is 2.80 bits per heavy atom. The van der Waals surface area contributed by atoms with Crippen LogP contribution in [0.5, 0.6) is 0 Å². The summed E-state index contributed by atoms with van der Waals surface area (Å²) in [6, 6.07) is 6.26. The van der Waals surface area contributed by atoms with Crippen LogP contribution in [0.25, 0.3) is 40.2 Å². The lowest BCUT2D eigenvalue weighted by Crippen LogP contribution is -1.88. The van der Waals surface area contributed by atoms with Gasteiger partial charge in [-0.05, 0) is 24.3 Å². The number of rotatable bonds is 6. The standard InChI is InChI=1S/C21H15ClFN5O2/c1-13(22)7-5-6-10-28-12-15(11-24-28)20-18(21-26-25-14(2)29-21)19(27-30-20)16-8-3-4-9-17(16)23/h3-12H,1H2,2H3/b7-5-,10-6+. The summed E-state index contributed by atoms with van der Waals surface area (Å²) in [6.07, 6.45) is 10.1. The molecule has 150 valence electrons. The molecule has 7 nitrogen and oxygen atoms in total. The van der Waals surface area contributed by atoms with E-state index in [0.717, 1.165) is 0 Å². The lowest BCUT2D eigenvalue weighted by molar-refractivity contribution is 0.434. The van der Waals surface area contributed by atoms with Crippen LogP contribution in [0.2, 0.25) is 0 Å². The van der Waals surface area contributed by atoms with Gasteiger partial charge in [0.25, 0.3) is 5.89 Å². The van der Waals surface area contributed by atoms with E-state index >= 15 is 0 Å². The highest BCUT2D eigenvalue weighted by atomic mass is 35.5. The summed E-state index contributed by atoms with van der Waals surface area (Å²) < 4.78 is 27.1. The van der Waals surface area contributed by atoms with Gasteiger partial charge in [0, 0.05) is 29.9 Å². The second-order valence-corrected chi connectivity index (χ2v) is 6.68. The van der Waals surface area contributed by atoms with Crippen molar-refractivity contribution in [2.24, 2.45) is 0 Å². The minimum absolute atomic E-state index is 0.175. The normalized spacial score (nSPS) is 11.7. The average molecular weight is 424 g/mol. The molecule has 0 unspecified atom stereocenters. The van der Waals surface area contributed by atoms with Crippen LogP contribution in [0.1, 0.15) is 5.89 Å². The molecule has 4 rings (SSSR count). The van der Waals surface area contributed by atoms with Gasteiger partial charge in [0.1, 0.15) is 17.1 Å². The predicted molar refractivity (Wildman–Crippen MR) is 111 cm³/mol. The highest BCUT2D eigenvalue weighted by Crippen LogP contribution is 2.39. The molecule has 0 aliphatic heterocycles. The van der Waals surface area contributed by atoms with E-state index in [4.69, 9.17) is 20.5 Å². The Hall–Kier alpha value is -3.78. The molecule has 0 saturated carbocycles. The fourth-order valence-corrected chi connectivity index (χ4v) is 2.83. The van der Waals surface area contributed by atoms with E-state index in [1.807, 2.05) is 0 Å². The van der Waals surface area contributed by atoms with Gasteiger partial charge in [0.2, 0.25) is 5.89 Å². The monoisotopic (exact) mass is 423 g/mol. The van der Waals surface area contributed by atoms with Gasteiger partial charge in [-0.25, -0.2) is 9.07 Å². The lowest BCUT2D eigenvalue weighted by atomic mass is 10.0. The minimum Gasteiger partial charge on any atom is -0.421 e. The number of nitrogens with zero attached hydrogens (tertiary/aromatic N) is 5. The van der Waals surface area contributed by atoms with E-state index in [2.05, 4.69) is 27.0 Å². The van der Waals surface area contributed by atoms with Crippen molar-refractivity contribution >= 4 is 17.8 Å². The van der Waals surface area contributed by atoms with Crippen molar-refractivity contribution < 1.29 is 13.3 Å². The summed E-state index contributed by atoms with van der Waals surface area (Å²) in [4.78, 5) is 0. The van der Waals surface area contributed by atoms with Crippen molar-refractivity contribution in [3.05, 3.63) is 78.2 Å². The number of aromatic nitrogens is 5. The molecule has 1 aromatic carbocycles. The quantitative estimate of drug-likeness (QED) is 0.382. The van der Waals surface area contributed by atoms with Gasteiger partial charge in [-0.2, -0.15) is 5.10 Å². The second kappa shape index (κ2) is 8.30. The zero-order valence-electron chi connectivity index (χ0n) is 15.8. The molecule has 0 radical (unpaired) electrons. The Bertz CT molecular complexity index is 1270. The van der Waals surface area contributed by atoms with Crippen LogP contribution in [0.3, 0.4) is 0 Å². The molecule has 0 aliphatic carbocycles. The second-order valence-electron chi connectivity index (χ2n) is 6.20. The number of halogens is 2. The van der Waals surface area contributed by atoms with Gasteiger partial charge in [-0.1, -0.05) is 41.5 Å².